The number of ether oxygens (including phenoxy) is 1. The predicted molar refractivity (Wildman–Crippen MR) is 81.4 cm³/mol. The monoisotopic (exact) mass is 313 g/mol. The molecule has 1 aliphatic heterocycles. The molecule has 0 bridgehead atoms. The van der Waals surface area contributed by atoms with Crippen LogP contribution >= 0.6 is 11.6 Å². The summed E-state index contributed by atoms with van der Waals surface area (Å²) in [5.74, 6) is 0.718. The lowest BCUT2D eigenvalue weighted by Gasteiger charge is -2.22. The highest BCUT2D eigenvalue weighted by atomic mass is 35.5. The lowest BCUT2D eigenvalue weighted by atomic mass is 10.3. The van der Waals surface area contributed by atoms with Crippen LogP contribution in [0.2, 0.25) is 5.15 Å². The molecule has 1 aromatic heterocycles. The number of carbonyl (C=O) groups excluding carboxylic acids is 1. The number of hydrogen-bond acceptors (Lipinski definition) is 7. The zero-order chi connectivity index (χ0) is 15.2. The molecule has 1 aliphatic rings. The van der Waals surface area contributed by atoms with Gasteiger partial charge in [0.2, 0.25) is 5.95 Å². The van der Waals surface area contributed by atoms with Gasteiger partial charge in [-0.2, -0.15) is 4.98 Å². The zero-order valence-corrected chi connectivity index (χ0v) is 12.8. The number of esters is 1. The van der Waals surface area contributed by atoms with Crippen molar-refractivity contribution in [2.75, 3.05) is 50.0 Å². The minimum absolute atomic E-state index is 0.171. The van der Waals surface area contributed by atoms with Crippen molar-refractivity contribution >= 4 is 29.3 Å². The van der Waals surface area contributed by atoms with Crippen molar-refractivity contribution in [3.05, 3.63) is 11.2 Å². The summed E-state index contributed by atoms with van der Waals surface area (Å²) in [6.45, 7) is 5.76. The van der Waals surface area contributed by atoms with Gasteiger partial charge in [-0.05, 0) is 13.3 Å². The highest BCUT2D eigenvalue weighted by Crippen LogP contribution is 2.18. The number of hydrogen-bond donors (Lipinski definition) is 1. The first-order valence-electron chi connectivity index (χ1n) is 7.01. The Morgan fingerprint density at radius 1 is 1.38 bits per heavy atom. The number of aromatic nitrogens is 2. The van der Waals surface area contributed by atoms with Crippen molar-refractivity contribution in [2.45, 2.75) is 13.3 Å². The first-order chi connectivity index (χ1) is 10.1. The lowest BCUT2D eigenvalue weighted by molar-refractivity contribution is -0.144. The number of nitrogens with two attached hydrogens (primary N) is 1. The number of halogens is 1. The third kappa shape index (κ3) is 4.71. The van der Waals surface area contributed by atoms with E-state index >= 15 is 0 Å². The molecule has 2 N–H and O–H groups in total. The van der Waals surface area contributed by atoms with Gasteiger partial charge in [-0.25, -0.2) is 4.98 Å². The van der Waals surface area contributed by atoms with E-state index in [1.807, 2.05) is 6.92 Å². The van der Waals surface area contributed by atoms with Crippen molar-refractivity contribution in [3.63, 3.8) is 0 Å². The Morgan fingerprint density at radius 3 is 2.90 bits per heavy atom. The number of anilines is 2. The molecule has 116 valence electrons. The molecule has 0 amide bonds. The van der Waals surface area contributed by atoms with Gasteiger partial charge in [0.1, 0.15) is 11.0 Å². The lowest BCUT2D eigenvalue weighted by Crippen LogP contribution is -2.35. The molecule has 0 spiro atoms. The average Bonchev–Trinajstić information content (AvgIpc) is 2.63. The van der Waals surface area contributed by atoms with Crippen LogP contribution in [0, 0.1) is 0 Å². The van der Waals surface area contributed by atoms with Crippen LogP contribution in [-0.4, -0.2) is 60.2 Å². The molecule has 0 radical (unpaired) electrons. The van der Waals surface area contributed by atoms with Crippen LogP contribution in [0.15, 0.2) is 6.07 Å². The third-order valence-electron chi connectivity index (χ3n) is 3.27. The Hall–Kier alpha value is -1.60. The molecule has 0 atom stereocenters. The fraction of sp³-hybridized carbons (Fsp3) is 0.615. The molecule has 21 heavy (non-hydrogen) atoms. The van der Waals surface area contributed by atoms with Crippen LogP contribution < -0.4 is 10.6 Å². The van der Waals surface area contributed by atoms with Crippen LogP contribution in [0.1, 0.15) is 13.3 Å². The maximum absolute atomic E-state index is 11.5. The number of nitrogens with zero attached hydrogens (tertiary/aromatic N) is 4. The van der Waals surface area contributed by atoms with Gasteiger partial charge in [0.05, 0.1) is 13.2 Å². The SMILES string of the molecule is CCOC(=O)CN1CCCN(c2cc(Cl)nc(N)n2)CC1. The minimum Gasteiger partial charge on any atom is -0.465 e. The van der Waals surface area contributed by atoms with E-state index in [4.69, 9.17) is 22.1 Å². The summed E-state index contributed by atoms with van der Waals surface area (Å²) in [7, 11) is 0. The van der Waals surface area contributed by atoms with Crippen molar-refractivity contribution in [3.8, 4) is 0 Å². The van der Waals surface area contributed by atoms with Gasteiger partial charge in [-0.15, -0.1) is 0 Å². The molecule has 1 fully saturated rings. The average molecular weight is 314 g/mol. The first kappa shape index (κ1) is 15.8. The van der Waals surface area contributed by atoms with Crippen molar-refractivity contribution in [2.24, 2.45) is 0 Å². The van der Waals surface area contributed by atoms with Gasteiger partial charge in [-0.3, -0.25) is 9.69 Å². The molecule has 0 aromatic carbocycles. The summed E-state index contributed by atoms with van der Waals surface area (Å²) in [5.41, 5.74) is 5.63. The Balaban J connectivity index is 1.95. The molecule has 8 heteroatoms. The van der Waals surface area contributed by atoms with E-state index in [1.54, 1.807) is 6.07 Å². The Morgan fingerprint density at radius 2 is 2.19 bits per heavy atom. The predicted octanol–water partition coefficient (Wildman–Crippen LogP) is 0.787. The summed E-state index contributed by atoms with van der Waals surface area (Å²) in [6.07, 6.45) is 0.931. The summed E-state index contributed by atoms with van der Waals surface area (Å²) in [6, 6.07) is 1.71. The Bertz CT molecular complexity index is 479. The van der Waals surface area contributed by atoms with Gasteiger partial charge in [0.25, 0.3) is 0 Å². The first-order valence-corrected chi connectivity index (χ1v) is 7.39. The maximum atomic E-state index is 11.5. The van der Waals surface area contributed by atoms with Crippen LogP contribution in [0.4, 0.5) is 11.8 Å². The van der Waals surface area contributed by atoms with E-state index < -0.39 is 0 Å². The second kappa shape index (κ2) is 7.42. The van der Waals surface area contributed by atoms with E-state index in [0.717, 1.165) is 38.4 Å². The van der Waals surface area contributed by atoms with Gasteiger partial charge >= 0.3 is 5.97 Å². The zero-order valence-electron chi connectivity index (χ0n) is 12.1. The van der Waals surface area contributed by atoms with Crippen molar-refractivity contribution in [1.82, 2.24) is 14.9 Å². The molecule has 0 saturated carbocycles. The molecule has 0 unspecified atom stereocenters. The Labute approximate surface area is 129 Å². The number of rotatable bonds is 4. The standard InChI is InChI=1S/C13H20ClN5O2/c1-2-21-12(20)9-18-4-3-5-19(7-6-18)11-8-10(14)16-13(15)17-11/h8H,2-7,9H2,1H3,(H2,15,16,17). The quantitative estimate of drug-likeness (QED) is 0.649. The Kier molecular flexibility index (Phi) is 5.58. The minimum atomic E-state index is -0.180. The van der Waals surface area contributed by atoms with Crippen molar-refractivity contribution < 1.29 is 9.53 Å². The van der Waals surface area contributed by atoms with Gasteiger partial charge in [0, 0.05) is 32.2 Å². The highest BCUT2D eigenvalue weighted by Gasteiger charge is 2.19. The highest BCUT2D eigenvalue weighted by molar-refractivity contribution is 6.29. The van der Waals surface area contributed by atoms with E-state index in [2.05, 4.69) is 19.8 Å². The maximum Gasteiger partial charge on any atom is 0.320 e. The number of carbonyl (C=O) groups is 1. The van der Waals surface area contributed by atoms with E-state index in [-0.39, 0.29) is 11.9 Å². The molecule has 2 rings (SSSR count). The molecule has 1 saturated heterocycles. The summed E-state index contributed by atoms with van der Waals surface area (Å²) in [4.78, 5) is 23.8. The smallest absolute Gasteiger partial charge is 0.320 e. The van der Waals surface area contributed by atoms with Gasteiger partial charge in [-0.1, -0.05) is 11.6 Å². The van der Waals surface area contributed by atoms with Crippen LogP contribution in [0.25, 0.3) is 0 Å². The van der Waals surface area contributed by atoms with Crippen LogP contribution in [0.3, 0.4) is 0 Å². The second-order valence-corrected chi connectivity index (χ2v) is 5.22. The summed E-state index contributed by atoms with van der Waals surface area (Å²) >= 11 is 5.91. The fourth-order valence-corrected chi connectivity index (χ4v) is 2.52. The second-order valence-electron chi connectivity index (χ2n) is 4.83. The summed E-state index contributed by atoms with van der Waals surface area (Å²) in [5, 5.41) is 0.338. The normalized spacial score (nSPS) is 16.6. The van der Waals surface area contributed by atoms with Crippen LogP contribution in [-0.2, 0) is 9.53 Å². The summed E-state index contributed by atoms with van der Waals surface area (Å²) < 4.78 is 4.98. The molecule has 0 aliphatic carbocycles. The van der Waals surface area contributed by atoms with E-state index in [1.165, 1.54) is 0 Å². The van der Waals surface area contributed by atoms with Gasteiger partial charge < -0.3 is 15.4 Å². The molecule has 2 heterocycles. The number of nitrogen functional groups attached to an aromatic ring is 1. The molecular weight excluding hydrogens is 294 g/mol. The van der Waals surface area contributed by atoms with E-state index in [0.29, 0.717) is 18.3 Å². The third-order valence-corrected chi connectivity index (χ3v) is 3.46. The molecule has 1 aromatic rings. The van der Waals surface area contributed by atoms with E-state index in [9.17, 15) is 4.79 Å². The van der Waals surface area contributed by atoms with Crippen molar-refractivity contribution in [1.29, 1.82) is 0 Å². The van der Waals surface area contributed by atoms with Gasteiger partial charge in [0.15, 0.2) is 0 Å². The molecular formula is C13H20ClN5O2. The van der Waals surface area contributed by atoms with Crippen LogP contribution in [0.5, 0.6) is 0 Å². The molecule has 7 nitrogen and oxygen atoms in total. The largest absolute Gasteiger partial charge is 0.465 e. The fourth-order valence-electron chi connectivity index (χ4n) is 2.33. The topological polar surface area (TPSA) is 84.6 Å².